The largest absolute Gasteiger partial charge is 0.280 e. The van der Waals surface area contributed by atoms with Gasteiger partial charge in [0, 0.05) is 6.04 Å². The maximum atomic E-state index is 4.39. The molecule has 54 valence electrons. The maximum absolute atomic E-state index is 4.39. The minimum Gasteiger partial charge on any atom is -0.280 e. The predicted molar refractivity (Wildman–Crippen MR) is 46.4 cm³/mol. The fourth-order valence-electron chi connectivity index (χ4n) is 0.576. The average Bonchev–Trinajstić information content (AvgIpc) is 1.82. The quantitative estimate of drug-likeness (QED) is 0.429. The lowest BCUT2D eigenvalue weighted by Crippen LogP contribution is -1.95. The Balaban J connectivity index is 3.75. The molecule has 0 bridgehead atoms. The van der Waals surface area contributed by atoms with Crippen LogP contribution in [0.25, 0.3) is 0 Å². The summed E-state index contributed by atoms with van der Waals surface area (Å²) in [5.41, 5.74) is 0. The van der Waals surface area contributed by atoms with Crippen LogP contribution in [0.3, 0.4) is 0 Å². The van der Waals surface area contributed by atoms with Crippen LogP contribution >= 0.6 is 11.8 Å². The first-order valence-corrected chi connectivity index (χ1v) is 4.53. The van der Waals surface area contributed by atoms with Crippen LogP contribution in [-0.4, -0.2) is 17.3 Å². The van der Waals surface area contributed by atoms with Crippen molar-refractivity contribution in [3.05, 3.63) is 0 Å². The number of hydrogen-bond acceptors (Lipinski definition) is 2. The molecule has 0 unspecified atom stereocenters. The standard InChI is InChI=1S/C7H15NS/c1-5-7(9-4)8-6(2)3/h6H,5H2,1-4H3. The Morgan fingerprint density at radius 1 is 1.56 bits per heavy atom. The van der Waals surface area contributed by atoms with Gasteiger partial charge in [-0.2, -0.15) is 0 Å². The Hall–Kier alpha value is 0.0200. The third kappa shape index (κ3) is 4.52. The topological polar surface area (TPSA) is 12.4 Å². The molecule has 0 aliphatic carbocycles. The van der Waals surface area contributed by atoms with Crippen LogP contribution < -0.4 is 0 Å². The van der Waals surface area contributed by atoms with E-state index < -0.39 is 0 Å². The Morgan fingerprint density at radius 2 is 2.11 bits per heavy atom. The molecule has 0 aliphatic heterocycles. The molecule has 0 radical (unpaired) electrons. The van der Waals surface area contributed by atoms with E-state index in [4.69, 9.17) is 0 Å². The van der Waals surface area contributed by atoms with Gasteiger partial charge in [0.15, 0.2) is 0 Å². The van der Waals surface area contributed by atoms with Gasteiger partial charge in [-0.1, -0.05) is 6.92 Å². The van der Waals surface area contributed by atoms with Crippen LogP contribution in [0.15, 0.2) is 4.99 Å². The van der Waals surface area contributed by atoms with Crippen LogP contribution in [0, 0.1) is 0 Å². The van der Waals surface area contributed by atoms with Crippen molar-refractivity contribution >= 4 is 16.8 Å². The zero-order valence-electron chi connectivity index (χ0n) is 6.64. The van der Waals surface area contributed by atoms with E-state index in [-0.39, 0.29) is 0 Å². The molecule has 2 heteroatoms. The molecule has 0 spiro atoms. The second kappa shape index (κ2) is 4.86. The highest BCUT2D eigenvalue weighted by atomic mass is 32.2. The van der Waals surface area contributed by atoms with Gasteiger partial charge in [0.25, 0.3) is 0 Å². The van der Waals surface area contributed by atoms with Gasteiger partial charge in [-0.15, -0.1) is 11.8 Å². The highest BCUT2D eigenvalue weighted by Crippen LogP contribution is 2.04. The minimum absolute atomic E-state index is 0.451. The Bertz CT molecular complexity index is 91.1. The fraction of sp³-hybridized carbons (Fsp3) is 0.857. The highest BCUT2D eigenvalue weighted by molar-refractivity contribution is 8.13. The lowest BCUT2D eigenvalue weighted by atomic mass is 10.4. The second-order valence-electron chi connectivity index (χ2n) is 2.17. The molecule has 1 nitrogen and oxygen atoms in total. The lowest BCUT2D eigenvalue weighted by Gasteiger charge is -2.00. The molecule has 0 aliphatic rings. The molecule has 0 atom stereocenters. The van der Waals surface area contributed by atoms with Crippen LogP contribution in [-0.2, 0) is 0 Å². The van der Waals surface area contributed by atoms with Crippen LogP contribution in [0.1, 0.15) is 27.2 Å². The van der Waals surface area contributed by atoms with Crippen molar-refractivity contribution in [1.29, 1.82) is 0 Å². The van der Waals surface area contributed by atoms with Gasteiger partial charge in [-0.05, 0) is 26.5 Å². The smallest absolute Gasteiger partial charge is 0.0673 e. The van der Waals surface area contributed by atoms with Crippen molar-refractivity contribution in [3.63, 3.8) is 0 Å². The summed E-state index contributed by atoms with van der Waals surface area (Å²) in [4.78, 5) is 4.39. The summed E-state index contributed by atoms with van der Waals surface area (Å²) in [5.74, 6) is 0. The summed E-state index contributed by atoms with van der Waals surface area (Å²) in [6, 6.07) is 0.451. The van der Waals surface area contributed by atoms with Gasteiger partial charge in [0.1, 0.15) is 0 Å². The summed E-state index contributed by atoms with van der Waals surface area (Å²) >= 11 is 1.75. The molecule has 0 heterocycles. The van der Waals surface area contributed by atoms with E-state index in [1.54, 1.807) is 11.8 Å². The first-order chi connectivity index (χ1) is 4.20. The van der Waals surface area contributed by atoms with Crippen molar-refractivity contribution in [3.8, 4) is 0 Å². The second-order valence-corrected chi connectivity index (χ2v) is 3.05. The molecule has 0 saturated carbocycles. The van der Waals surface area contributed by atoms with Crippen molar-refractivity contribution in [2.45, 2.75) is 33.2 Å². The molecule has 0 aromatic heterocycles. The molecule has 0 rings (SSSR count). The maximum Gasteiger partial charge on any atom is 0.0673 e. The Morgan fingerprint density at radius 3 is 2.22 bits per heavy atom. The van der Waals surface area contributed by atoms with Gasteiger partial charge >= 0.3 is 0 Å². The van der Waals surface area contributed by atoms with Crippen LogP contribution in [0.2, 0.25) is 0 Å². The molecule has 0 fully saturated rings. The van der Waals surface area contributed by atoms with E-state index in [9.17, 15) is 0 Å². The van der Waals surface area contributed by atoms with Crippen LogP contribution in [0.5, 0.6) is 0 Å². The van der Waals surface area contributed by atoms with Crippen molar-refractivity contribution in [1.82, 2.24) is 0 Å². The summed E-state index contributed by atoms with van der Waals surface area (Å²) < 4.78 is 0. The van der Waals surface area contributed by atoms with E-state index in [1.807, 2.05) is 0 Å². The molecule has 0 N–H and O–H groups in total. The first-order valence-electron chi connectivity index (χ1n) is 3.31. The predicted octanol–water partition coefficient (Wildman–Crippen LogP) is 2.57. The molecular weight excluding hydrogens is 130 g/mol. The summed E-state index contributed by atoms with van der Waals surface area (Å²) in [7, 11) is 0. The van der Waals surface area contributed by atoms with E-state index >= 15 is 0 Å². The molecule has 0 amide bonds. The number of thioether (sulfide) groups is 1. The highest BCUT2D eigenvalue weighted by Gasteiger charge is 1.92. The summed E-state index contributed by atoms with van der Waals surface area (Å²) in [5, 5.41) is 1.25. The van der Waals surface area contributed by atoms with E-state index in [2.05, 4.69) is 32.0 Å². The molecule has 9 heavy (non-hydrogen) atoms. The third-order valence-electron chi connectivity index (χ3n) is 0.940. The SMILES string of the molecule is CCC(=NC(C)C)SC. The zero-order valence-corrected chi connectivity index (χ0v) is 7.46. The van der Waals surface area contributed by atoms with E-state index in [0.29, 0.717) is 6.04 Å². The van der Waals surface area contributed by atoms with Crippen molar-refractivity contribution < 1.29 is 0 Å². The minimum atomic E-state index is 0.451. The summed E-state index contributed by atoms with van der Waals surface area (Å²) in [6.45, 7) is 6.34. The van der Waals surface area contributed by atoms with Gasteiger partial charge in [0.2, 0.25) is 0 Å². The lowest BCUT2D eigenvalue weighted by molar-refractivity contribution is 0.835. The molecule has 0 aromatic carbocycles. The normalized spacial score (nSPS) is 12.8. The van der Waals surface area contributed by atoms with Crippen molar-refractivity contribution in [2.75, 3.05) is 6.26 Å². The van der Waals surface area contributed by atoms with Crippen molar-refractivity contribution in [2.24, 2.45) is 4.99 Å². The van der Waals surface area contributed by atoms with Gasteiger partial charge in [-0.3, -0.25) is 4.99 Å². The number of aliphatic imine (C=N–C) groups is 1. The van der Waals surface area contributed by atoms with Gasteiger partial charge < -0.3 is 0 Å². The summed E-state index contributed by atoms with van der Waals surface area (Å²) in [6.07, 6.45) is 3.14. The molecular formula is C7H15NS. The fourth-order valence-corrected chi connectivity index (χ4v) is 1.18. The van der Waals surface area contributed by atoms with E-state index in [1.165, 1.54) is 5.04 Å². The van der Waals surface area contributed by atoms with E-state index in [0.717, 1.165) is 6.42 Å². The Labute approximate surface area is 61.9 Å². The first kappa shape index (κ1) is 9.02. The number of hydrogen-bond donors (Lipinski definition) is 0. The molecule has 0 aromatic rings. The van der Waals surface area contributed by atoms with Gasteiger partial charge in [0.05, 0.1) is 5.04 Å². The van der Waals surface area contributed by atoms with Gasteiger partial charge in [-0.25, -0.2) is 0 Å². The molecule has 0 saturated heterocycles. The van der Waals surface area contributed by atoms with Crippen LogP contribution in [0.4, 0.5) is 0 Å². The monoisotopic (exact) mass is 145 g/mol. The average molecular weight is 145 g/mol. The number of nitrogens with zero attached hydrogens (tertiary/aromatic N) is 1. The zero-order chi connectivity index (χ0) is 7.28. The number of rotatable bonds is 2. The Kier molecular flexibility index (Phi) is 4.87. The third-order valence-corrected chi connectivity index (χ3v) is 1.81.